The van der Waals surface area contributed by atoms with Crippen molar-refractivity contribution in [2.45, 2.75) is 11.8 Å². The Hall–Kier alpha value is -0.830. The van der Waals surface area contributed by atoms with Crippen molar-refractivity contribution >= 4 is 59.7 Å². The Morgan fingerprint density at radius 3 is 2.68 bits per heavy atom. The molecular weight excluding hydrogens is 374 g/mol. The van der Waals surface area contributed by atoms with E-state index in [-0.39, 0.29) is 15.7 Å². The topological polar surface area (TPSA) is 85.1 Å². The maximum Gasteiger partial charge on any atom is 0.263 e. The molecule has 9 heteroatoms. The van der Waals surface area contributed by atoms with Gasteiger partial charge in [0, 0.05) is 0 Å². The molecule has 0 aliphatic carbocycles. The van der Waals surface area contributed by atoms with Crippen molar-refractivity contribution in [3.8, 4) is 0 Å². The molecule has 0 unspecified atom stereocenters. The molecule has 0 aliphatic rings. The monoisotopic (exact) mass is 381 g/mol. The lowest BCUT2D eigenvalue weighted by Gasteiger charge is -2.09. The summed E-state index contributed by atoms with van der Waals surface area (Å²) in [6, 6.07) is 2.78. The second-order valence-corrected chi connectivity index (χ2v) is 8.19. The minimum Gasteiger partial charge on any atom is -0.397 e. The molecule has 1 aromatic heterocycles. The van der Waals surface area contributed by atoms with Gasteiger partial charge < -0.3 is 5.73 Å². The van der Waals surface area contributed by atoms with Crippen LogP contribution in [0.4, 0.5) is 10.8 Å². The summed E-state index contributed by atoms with van der Waals surface area (Å²) < 4.78 is 27.4. The van der Waals surface area contributed by atoms with Gasteiger partial charge in [0.2, 0.25) is 0 Å². The molecule has 0 saturated heterocycles. The number of rotatable bonds is 3. The Kier molecular flexibility index (Phi) is 4.05. The predicted octanol–water partition coefficient (Wildman–Crippen LogP) is 3.25. The van der Waals surface area contributed by atoms with Crippen LogP contribution in [0.2, 0.25) is 5.02 Å². The molecule has 3 N–H and O–H groups in total. The number of nitrogen functional groups attached to an aromatic ring is 1. The van der Waals surface area contributed by atoms with Gasteiger partial charge in [-0.15, -0.1) is 0 Å². The first-order valence-electron chi connectivity index (χ1n) is 4.99. The first kappa shape index (κ1) is 14.6. The molecule has 2 rings (SSSR count). The number of nitrogens with two attached hydrogens (primary N) is 1. The van der Waals surface area contributed by atoms with Crippen LogP contribution in [0.1, 0.15) is 5.56 Å². The van der Waals surface area contributed by atoms with E-state index in [1.165, 1.54) is 29.7 Å². The average molecular weight is 383 g/mol. The lowest BCUT2D eigenvalue weighted by Crippen LogP contribution is -2.13. The third-order valence-corrected chi connectivity index (χ3v) is 5.62. The molecule has 0 bridgehead atoms. The summed E-state index contributed by atoms with van der Waals surface area (Å²) in [7, 11) is -3.72. The van der Waals surface area contributed by atoms with E-state index in [1.807, 2.05) is 0 Å². The number of nitrogens with one attached hydrogen (secondary N) is 1. The summed E-state index contributed by atoms with van der Waals surface area (Å²) in [5.74, 6) is 0. The van der Waals surface area contributed by atoms with Crippen LogP contribution in [0.3, 0.4) is 0 Å². The van der Waals surface area contributed by atoms with Gasteiger partial charge in [-0.05, 0) is 40.5 Å². The van der Waals surface area contributed by atoms with Gasteiger partial charge in [-0.1, -0.05) is 22.9 Å². The average Bonchev–Trinajstić information content (AvgIpc) is 2.70. The minimum absolute atomic E-state index is 0.0539. The van der Waals surface area contributed by atoms with Crippen LogP contribution in [-0.4, -0.2) is 13.4 Å². The zero-order chi connectivity index (χ0) is 14.2. The van der Waals surface area contributed by atoms with Crippen LogP contribution in [0.25, 0.3) is 0 Å². The summed E-state index contributed by atoms with van der Waals surface area (Å²) in [4.78, 5) is 3.97. The Balaban J connectivity index is 2.40. The Morgan fingerprint density at radius 2 is 2.16 bits per heavy atom. The van der Waals surface area contributed by atoms with Crippen LogP contribution >= 0.6 is 38.9 Å². The Labute approximate surface area is 128 Å². The summed E-state index contributed by atoms with van der Waals surface area (Å²) in [6.45, 7) is 1.69. The molecule has 0 amide bonds. The van der Waals surface area contributed by atoms with Crippen molar-refractivity contribution in [1.29, 1.82) is 0 Å². The van der Waals surface area contributed by atoms with Gasteiger partial charge in [-0.2, -0.15) is 0 Å². The zero-order valence-corrected chi connectivity index (χ0v) is 13.6. The number of anilines is 2. The third-order valence-electron chi connectivity index (χ3n) is 2.27. The van der Waals surface area contributed by atoms with Gasteiger partial charge in [0.25, 0.3) is 10.0 Å². The van der Waals surface area contributed by atoms with Crippen molar-refractivity contribution in [3.63, 3.8) is 0 Å². The van der Waals surface area contributed by atoms with Crippen molar-refractivity contribution < 1.29 is 8.42 Å². The fourth-order valence-corrected chi connectivity index (χ4v) is 3.97. The molecule has 1 aromatic carbocycles. The van der Waals surface area contributed by atoms with Crippen LogP contribution in [-0.2, 0) is 10.0 Å². The SMILES string of the molecule is Cc1cc(S(=O)(=O)Nc2ncc(Br)s2)cc(N)c1Cl. The van der Waals surface area contributed by atoms with Gasteiger partial charge in [-0.3, -0.25) is 4.72 Å². The van der Waals surface area contributed by atoms with E-state index < -0.39 is 10.0 Å². The van der Waals surface area contributed by atoms with Gasteiger partial charge >= 0.3 is 0 Å². The standard InChI is InChI=1S/C10H9BrClN3O2S2/c1-5-2-6(3-7(13)9(5)12)19(16,17)15-10-14-4-8(11)18-10/h2-4H,13H2,1H3,(H,14,15). The lowest BCUT2D eigenvalue weighted by molar-refractivity contribution is 0.601. The van der Waals surface area contributed by atoms with Crippen LogP contribution < -0.4 is 10.5 Å². The number of nitrogens with zero attached hydrogens (tertiary/aromatic N) is 1. The second-order valence-electron chi connectivity index (χ2n) is 3.72. The molecule has 1 heterocycles. The second kappa shape index (κ2) is 5.28. The van der Waals surface area contributed by atoms with E-state index in [0.717, 1.165) is 3.79 Å². The van der Waals surface area contributed by atoms with E-state index >= 15 is 0 Å². The van der Waals surface area contributed by atoms with Crippen molar-refractivity contribution in [2.24, 2.45) is 0 Å². The summed E-state index contributed by atoms with van der Waals surface area (Å²) in [6.07, 6.45) is 1.52. The van der Waals surface area contributed by atoms with Crippen LogP contribution in [0.15, 0.2) is 27.0 Å². The highest BCUT2D eigenvalue weighted by molar-refractivity contribution is 9.11. The molecule has 19 heavy (non-hydrogen) atoms. The number of benzene rings is 1. The Bertz CT molecular complexity index is 707. The first-order chi connectivity index (χ1) is 8.79. The predicted molar refractivity (Wildman–Crippen MR) is 81.2 cm³/mol. The quantitative estimate of drug-likeness (QED) is 0.798. The van der Waals surface area contributed by atoms with E-state index in [1.54, 1.807) is 6.92 Å². The molecule has 0 saturated carbocycles. The van der Waals surface area contributed by atoms with Gasteiger partial charge in [0.05, 0.1) is 25.6 Å². The fraction of sp³-hybridized carbons (Fsp3) is 0.100. The maximum absolute atomic E-state index is 12.2. The highest BCUT2D eigenvalue weighted by Gasteiger charge is 2.18. The lowest BCUT2D eigenvalue weighted by atomic mass is 10.2. The van der Waals surface area contributed by atoms with Crippen molar-refractivity contribution in [2.75, 3.05) is 10.5 Å². The summed E-state index contributed by atoms with van der Waals surface area (Å²) >= 11 is 10.3. The van der Waals surface area contributed by atoms with Gasteiger partial charge in [0.15, 0.2) is 5.13 Å². The number of sulfonamides is 1. The summed E-state index contributed by atoms with van der Waals surface area (Å²) in [5.41, 5.74) is 6.49. The minimum atomic E-state index is -3.72. The molecule has 0 atom stereocenters. The molecule has 102 valence electrons. The molecule has 0 fully saturated rings. The van der Waals surface area contributed by atoms with Crippen molar-refractivity contribution in [3.05, 3.63) is 32.7 Å². The number of thiazole rings is 1. The number of aromatic nitrogens is 1. The summed E-state index contributed by atoms with van der Waals surface area (Å²) in [5, 5.41) is 0.633. The van der Waals surface area contributed by atoms with E-state index in [0.29, 0.717) is 10.6 Å². The highest BCUT2D eigenvalue weighted by Crippen LogP contribution is 2.29. The maximum atomic E-state index is 12.2. The zero-order valence-electron chi connectivity index (χ0n) is 9.65. The van der Waals surface area contributed by atoms with E-state index in [4.69, 9.17) is 17.3 Å². The van der Waals surface area contributed by atoms with Crippen LogP contribution in [0.5, 0.6) is 0 Å². The van der Waals surface area contributed by atoms with Crippen LogP contribution in [0, 0.1) is 6.92 Å². The largest absolute Gasteiger partial charge is 0.397 e. The molecular formula is C10H9BrClN3O2S2. The molecule has 0 spiro atoms. The van der Waals surface area contributed by atoms with Gasteiger partial charge in [0.1, 0.15) is 0 Å². The number of aryl methyl sites for hydroxylation is 1. The molecule has 5 nitrogen and oxygen atoms in total. The molecule has 0 aliphatic heterocycles. The third kappa shape index (κ3) is 3.19. The Morgan fingerprint density at radius 1 is 1.47 bits per heavy atom. The highest BCUT2D eigenvalue weighted by atomic mass is 79.9. The van der Waals surface area contributed by atoms with E-state index in [9.17, 15) is 8.42 Å². The first-order valence-corrected chi connectivity index (χ1v) is 8.46. The normalized spacial score (nSPS) is 11.5. The van der Waals surface area contributed by atoms with E-state index in [2.05, 4.69) is 25.6 Å². The molecule has 0 radical (unpaired) electrons. The smallest absolute Gasteiger partial charge is 0.263 e. The number of hydrogen-bond donors (Lipinski definition) is 2. The van der Waals surface area contributed by atoms with Crippen molar-refractivity contribution in [1.82, 2.24) is 4.98 Å². The number of hydrogen-bond acceptors (Lipinski definition) is 5. The fourth-order valence-electron chi connectivity index (χ4n) is 1.39. The molecule has 2 aromatic rings. The van der Waals surface area contributed by atoms with Gasteiger partial charge in [-0.25, -0.2) is 13.4 Å². The number of halogens is 2.